The second-order valence-electron chi connectivity index (χ2n) is 3.80. The van der Waals surface area contributed by atoms with Gasteiger partial charge in [-0.15, -0.1) is 0 Å². The minimum Gasteiger partial charge on any atom is -0.354 e. The molecular weight excluding hydrogens is 204 g/mol. The van der Waals surface area contributed by atoms with E-state index < -0.39 is 0 Å². The predicted octanol–water partition coefficient (Wildman–Crippen LogP) is 0.245. The zero-order valence-electron chi connectivity index (χ0n) is 9.94. The Morgan fingerprint density at radius 1 is 1.56 bits per heavy atom. The van der Waals surface area contributed by atoms with E-state index in [0.29, 0.717) is 6.54 Å². The summed E-state index contributed by atoms with van der Waals surface area (Å²) < 4.78 is 1.94. The molecule has 0 aliphatic carbocycles. The quantitative estimate of drug-likeness (QED) is 0.698. The second kappa shape index (κ2) is 7.00. The van der Waals surface area contributed by atoms with Gasteiger partial charge in [0.1, 0.15) is 0 Å². The molecule has 0 fully saturated rings. The van der Waals surface area contributed by atoms with Crippen LogP contribution in [-0.2, 0) is 11.3 Å². The molecule has 0 saturated heterocycles. The van der Waals surface area contributed by atoms with E-state index in [0.717, 1.165) is 19.6 Å². The molecule has 16 heavy (non-hydrogen) atoms. The molecular formula is C11H20N4O. The number of carbonyl (C=O) groups is 1. The molecule has 0 spiro atoms. The average Bonchev–Trinajstić information content (AvgIpc) is 2.78. The molecule has 1 heterocycles. The molecule has 1 amide bonds. The Balaban J connectivity index is 2.14. The van der Waals surface area contributed by atoms with Gasteiger partial charge in [0.05, 0.1) is 6.33 Å². The summed E-state index contributed by atoms with van der Waals surface area (Å²) in [5.41, 5.74) is 0. The first kappa shape index (κ1) is 12.7. The highest BCUT2D eigenvalue weighted by atomic mass is 16.1. The van der Waals surface area contributed by atoms with E-state index in [9.17, 15) is 4.79 Å². The predicted molar refractivity (Wildman–Crippen MR) is 62.9 cm³/mol. The highest BCUT2D eigenvalue weighted by Gasteiger charge is 2.10. The van der Waals surface area contributed by atoms with Gasteiger partial charge < -0.3 is 15.2 Å². The van der Waals surface area contributed by atoms with Crippen molar-refractivity contribution in [3.8, 4) is 0 Å². The minimum absolute atomic E-state index is 0.0164. The monoisotopic (exact) mass is 224 g/mol. The smallest absolute Gasteiger partial charge is 0.224 e. The van der Waals surface area contributed by atoms with Crippen LogP contribution in [0.5, 0.6) is 0 Å². The van der Waals surface area contributed by atoms with Gasteiger partial charge in [-0.3, -0.25) is 4.79 Å². The summed E-state index contributed by atoms with van der Waals surface area (Å²) in [5.74, 6) is 0.115. The molecule has 1 aromatic heterocycles. The van der Waals surface area contributed by atoms with Crippen molar-refractivity contribution in [2.45, 2.75) is 20.4 Å². The number of imidazole rings is 1. The first-order valence-electron chi connectivity index (χ1n) is 5.68. The SMILES string of the molecule is CCNCC(C)C(=O)NCCn1ccnc1. The van der Waals surface area contributed by atoms with Crippen molar-refractivity contribution in [2.24, 2.45) is 5.92 Å². The van der Waals surface area contributed by atoms with Crippen LogP contribution in [0.2, 0.25) is 0 Å². The molecule has 5 nitrogen and oxygen atoms in total. The Morgan fingerprint density at radius 3 is 3.00 bits per heavy atom. The Labute approximate surface area is 96.3 Å². The number of carbonyl (C=O) groups excluding carboxylic acids is 1. The van der Waals surface area contributed by atoms with Crippen molar-refractivity contribution in [3.05, 3.63) is 18.7 Å². The van der Waals surface area contributed by atoms with Gasteiger partial charge >= 0.3 is 0 Å². The number of hydrogen-bond donors (Lipinski definition) is 2. The van der Waals surface area contributed by atoms with Crippen LogP contribution >= 0.6 is 0 Å². The van der Waals surface area contributed by atoms with E-state index >= 15 is 0 Å². The average molecular weight is 224 g/mol. The third kappa shape index (κ3) is 4.44. The van der Waals surface area contributed by atoms with Crippen LogP contribution < -0.4 is 10.6 Å². The van der Waals surface area contributed by atoms with Crippen LogP contribution in [0.3, 0.4) is 0 Å². The van der Waals surface area contributed by atoms with Gasteiger partial charge in [-0.25, -0.2) is 4.98 Å². The van der Waals surface area contributed by atoms with Gasteiger partial charge in [0.2, 0.25) is 5.91 Å². The number of nitrogens with one attached hydrogen (secondary N) is 2. The van der Waals surface area contributed by atoms with Crippen molar-refractivity contribution in [2.75, 3.05) is 19.6 Å². The fraction of sp³-hybridized carbons (Fsp3) is 0.636. The van der Waals surface area contributed by atoms with E-state index in [1.165, 1.54) is 0 Å². The maximum atomic E-state index is 11.6. The first-order chi connectivity index (χ1) is 7.74. The van der Waals surface area contributed by atoms with Crippen molar-refractivity contribution < 1.29 is 4.79 Å². The zero-order valence-corrected chi connectivity index (χ0v) is 9.94. The van der Waals surface area contributed by atoms with Gasteiger partial charge in [0.15, 0.2) is 0 Å². The summed E-state index contributed by atoms with van der Waals surface area (Å²) in [4.78, 5) is 15.5. The van der Waals surface area contributed by atoms with Crippen molar-refractivity contribution in [3.63, 3.8) is 0 Å². The van der Waals surface area contributed by atoms with Gasteiger partial charge in [-0.05, 0) is 6.54 Å². The van der Waals surface area contributed by atoms with Crippen LogP contribution in [0.4, 0.5) is 0 Å². The molecule has 0 saturated carbocycles. The molecule has 1 rings (SSSR count). The second-order valence-corrected chi connectivity index (χ2v) is 3.80. The summed E-state index contributed by atoms with van der Waals surface area (Å²) in [6.45, 7) is 6.99. The molecule has 0 aliphatic rings. The van der Waals surface area contributed by atoms with Crippen molar-refractivity contribution in [1.82, 2.24) is 20.2 Å². The topological polar surface area (TPSA) is 59.0 Å². The van der Waals surface area contributed by atoms with E-state index in [2.05, 4.69) is 15.6 Å². The standard InChI is InChI=1S/C11H20N4O/c1-3-12-8-10(2)11(16)14-5-7-15-6-4-13-9-15/h4,6,9-10,12H,3,5,7-8H2,1-2H3,(H,14,16). The number of aromatic nitrogens is 2. The van der Waals surface area contributed by atoms with E-state index in [-0.39, 0.29) is 11.8 Å². The molecule has 1 unspecified atom stereocenters. The number of hydrogen-bond acceptors (Lipinski definition) is 3. The molecule has 1 aromatic rings. The molecule has 0 aliphatic heterocycles. The van der Waals surface area contributed by atoms with Gasteiger partial charge in [0.25, 0.3) is 0 Å². The fourth-order valence-corrected chi connectivity index (χ4v) is 1.35. The largest absolute Gasteiger partial charge is 0.354 e. The molecule has 1 atom stereocenters. The lowest BCUT2D eigenvalue weighted by molar-refractivity contribution is -0.124. The maximum Gasteiger partial charge on any atom is 0.224 e. The summed E-state index contributed by atoms with van der Waals surface area (Å²) >= 11 is 0. The van der Waals surface area contributed by atoms with Gasteiger partial charge in [-0.2, -0.15) is 0 Å². The number of nitrogens with zero attached hydrogens (tertiary/aromatic N) is 2. The molecule has 5 heteroatoms. The van der Waals surface area contributed by atoms with Crippen LogP contribution in [-0.4, -0.2) is 35.1 Å². The van der Waals surface area contributed by atoms with E-state index in [4.69, 9.17) is 0 Å². The molecule has 0 aromatic carbocycles. The zero-order chi connectivity index (χ0) is 11.8. The summed E-state index contributed by atoms with van der Waals surface area (Å²) in [7, 11) is 0. The van der Waals surface area contributed by atoms with E-state index in [1.807, 2.05) is 24.6 Å². The highest BCUT2D eigenvalue weighted by molar-refractivity contribution is 5.78. The van der Waals surface area contributed by atoms with Crippen molar-refractivity contribution in [1.29, 1.82) is 0 Å². The Bertz CT molecular complexity index is 297. The number of rotatable bonds is 7. The number of amides is 1. The molecule has 2 N–H and O–H groups in total. The minimum atomic E-state index is 0.0164. The summed E-state index contributed by atoms with van der Waals surface area (Å²) in [6, 6.07) is 0. The van der Waals surface area contributed by atoms with Crippen LogP contribution in [0, 0.1) is 5.92 Å². The van der Waals surface area contributed by atoms with Gasteiger partial charge in [-0.1, -0.05) is 13.8 Å². The van der Waals surface area contributed by atoms with Crippen LogP contribution in [0.1, 0.15) is 13.8 Å². The first-order valence-corrected chi connectivity index (χ1v) is 5.68. The Morgan fingerprint density at radius 2 is 2.38 bits per heavy atom. The van der Waals surface area contributed by atoms with E-state index in [1.54, 1.807) is 12.5 Å². The Hall–Kier alpha value is -1.36. The summed E-state index contributed by atoms with van der Waals surface area (Å²) in [5, 5.41) is 6.06. The maximum absolute atomic E-state index is 11.6. The van der Waals surface area contributed by atoms with Crippen molar-refractivity contribution >= 4 is 5.91 Å². The fourth-order valence-electron chi connectivity index (χ4n) is 1.35. The third-order valence-corrected chi connectivity index (χ3v) is 2.38. The lowest BCUT2D eigenvalue weighted by Gasteiger charge is -2.12. The molecule has 0 bridgehead atoms. The van der Waals surface area contributed by atoms with Crippen LogP contribution in [0.15, 0.2) is 18.7 Å². The summed E-state index contributed by atoms with van der Waals surface area (Å²) in [6.07, 6.45) is 5.36. The molecule has 90 valence electrons. The lowest BCUT2D eigenvalue weighted by atomic mass is 10.1. The Kier molecular flexibility index (Phi) is 5.56. The normalized spacial score (nSPS) is 12.4. The van der Waals surface area contributed by atoms with Gasteiger partial charge in [0, 0.05) is 37.9 Å². The lowest BCUT2D eigenvalue weighted by Crippen LogP contribution is -2.36. The highest BCUT2D eigenvalue weighted by Crippen LogP contribution is 1.92. The van der Waals surface area contributed by atoms with Crippen LogP contribution in [0.25, 0.3) is 0 Å². The molecule has 0 radical (unpaired) electrons. The third-order valence-electron chi connectivity index (χ3n) is 2.38.